The number of fused-ring (bicyclic) bond motifs is 1. The van der Waals surface area contributed by atoms with E-state index in [4.69, 9.17) is 18.6 Å². The molecule has 1 aromatic heterocycles. The van der Waals surface area contributed by atoms with Gasteiger partial charge in [-0.2, -0.15) is 0 Å². The van der Waals surface area contributed by atoms with Gasteiger partial charge in [-0.15, -0.1) is 0 Å². The van der Waals surface area contributed by atoms with Crippen molar-refractivity contribution in [1.29, 1.82) is 0 Å². The highest BCUT2D eigenvalue weighted by Gasteiger charge is 2.17. The molecule has 0 aliphatic heterocycles. The second kappa shape index (κ2) is 10.0. The topological polar surface area (TPSA) is 75.0 Å². The summed E-state index contributed by atoms with van der Waals surface area (Å²) in [5.74, 6) is 0.568. The standard InChI is InChI=1S/C27H24O6/c1-3-15-30-27(29)18(2)32-22-13-14-23-24(16-22)31-17-25(26(23)28)33-21-11-9-20(10-12-21)19-7-5-4-6-8-19/h4-14,16-18H,3,15H2,1-2H3. The summed E-state index contributed by atoms with van der Waals surface area (Å²) in [5, 5.41) is 0.349. The molecular formula is C27H24O6. The Bertz CT molecular complexity index is 1290. The molecule has 0 N–H and O–H groups in total. The lowest BCUT2D eigenvalue weighted by Gasteiger charge is -2.14. The van der Waals surface area contributed by atoms with Gasteiger partial charge < -0.3 is 18.6 Å². The molecule has 1 heterocycles. The summed E-state index contributed by atoms with van der Waals surface area (Å²) < 4.78 is 22.1. The van der Waals surface area contributed by atoms with E-state index in [0.717, 1.165) is 17.5 Å². The zero-order valence-corrected chi connectivity index (χ0v) is 18.4. The molecule has 0 aliphatic carbocycles. The van der Waals surface area contributed by atoms with E-state index >= 15 is 0 Å². The molecule has 4 aromatic rings. The first-order chi connectivity index (χ1) is 16.0. The van der Waals surface area contributed by atoms with Crippen molar-refractivity contribution < 1.29 is 23.4 Å². The van der Waals surface area contributed by atoms with Gasteiger partial charge in [0.05, 0.1) is 12.0 Å². The molecule has 168 valence electrons. The highest BCUT2D eigenvalue weighted by molar-refractivity contribution is 5.79. The Labute approximate surface area is 191 Å². The predicted molar refractivity (Wildman–Crippen MR) is 126 cm³/mol. The van der Waals surface area contributed by atoms with Crippen LogP contribution in [0.2, 0.25) is 0 Å². The maximum absolute atomic E-state index is 12.9. The van der Waals surface area contributed by atoms with Crippen LogP contribution >= 0.6 is 0 Å². The number of rotatable bonds is 8. The molecule has 0 saturated carbocycles. The van der Waals surface area contributed by atoms with Crippen molar-refractivity contribution in [3.05, 3.63) is 89.3 Å². The second-order valence-electron chi connectivity index (χ2n) is 7.51. The zero-order valence-electron chi connectivity index (χ0n) is 18.4. The largest absolute Gasteiger partial charge is 0.479 e. The molecule has 0 radical (unpaired) electrons. The van der Waals surface area contributed by atoms with Gasteiger partial charge in [0.15, 0.2) is 6.10 Å². The number of carbonyl (C=O) groups excluding carboxylic acids is 1. The van der Waals surface area contributed by atoms with Crippen LogP contribution in [-0.4, -0.2) is 18.7 Å². The normalized spacial score (nSPS) is 11.7. The summed E-state index contributed by atoms with van der Waals surface area (Å²) in [6.45, 7) is 3.87. The van der Waals surface area contributed by atoms with Crippen LogP contribution in [0.25, 0.3) is 22.1 Å². The number of hydrogen-bond acceptors (Lipinski definition) is 6. The molecule has 1 unspecified atom stereocenters. The van der Waals surface area contributed by atoms with Crippen LogP contribution in [0.4, 0.5) is 0 Å². The van der Waals surface area contributed by atoms with E-state index in [1.165, 1.54) is 6.26 Å². The Morgan fingerprint density at radius 1 is 0.939 bits per heavy atom. The predicted octanol–water partition coefficient (Wildman–Crippen LogP) is 5.97. The summed E-state index contributed by atoms with van der Waals surface area (Å²) in [7, 11) is 0. The molecule has 1 atom stereocenters. The minimum atomic E-state index is -0.776. The lowest BCUT2D eigenvalue weighted by atomic mass is 10.1. The molecular weight excluding hydrogens is 420 g/mol. The zero-order chi connectivity index (χ0) is 23.2. The maximum atomic E-state index is 12.9. The average molecular weight is 444 g/mol. The van der Waals surface area contributed by atoms with Gasteiger partial charge in [0.2, 0.25) is 11.2 Å². The van der Waals surface area contributed by atoms with E-state index in [1.54, 1.807) is 25.1 Å². The minimum absolute atomic E-state index is 0.0835. The first-order valence-electron chi connectivity index (χ1n) is 10.8. The number of carbonyl (C=O) groups is 1. The van der Waals surface area contributed by atoms with Crippen molar-refractivity contribution >= 4 is 16.9 Å². The quantitative estimate of drug-likeness (QED) is 0.312. The van der Waals surface area contributed by atoms with E-state index in [9.17, 15) is 9.59 Å². The number of ether oxygens (including phenoxy) is 3. The van der Waals surface area contributed by atoms with Crippen LogP contribution in [0.3, 0.4) is 0 Å². The second-order valence-corrected chi connectivity index (χ2v) is 7.51. The fourth-order valence-electron chi connectivity index (χ4n) is 3.28. The summed E-state index contributed by atoms with van der Waals surface area (Å²) in [6.07, 6.45) is 1.24. The molecule has 6 nitrogen and oxygen atoms in total. The van der Waals surface area contributed by atoms with Gasteiger partial charge in [0.1, 0.15) is 23.3 Å². The van der Waals surface area contributed by atoms with Crippen LogP contribution in [0.1, 0.15) is 20.3 Å². The van der Waals surface area contributed by atoms with Crippen molar-refractivity contribution in [2.75, 3.05) is 6.61 Å². The van der Waals surface area contributed by atoms with Crippen LogP contribution in [0, 0.1) is 0 Å². The molecule has 0 amide bonds. The van der Waals surface area contributed by atoms with E-state index in [2.05, 4.69) is 0 Å². The summed E-state index contributed by atoms with van der Waals surface area (Å²) in [5.41, 5.74) is 2.18. The minimum Gasteiger partial charge on any atom is -0.479 e. The maximum Gasteiger partial charge on any atom is 0.347 e. The molecule has 0 bridgehead atoms. The molecule has 33 heavy (non-hydrogen) atoms. The van der Waals surface area contributed by atoms with Gasteiger partial charge in [-0.3, -0.25) is 4.79 Å². The number of hydrogen-bond donors (Lipinski definition) is 0. The molecule has 3 aromatic carbocycles. The summed E-state index contributed by atoms with van der Waals surface area (Å²) in [4.78, 5) is 24.8. The van der Waals surface area contributed by atoms with Crippen molar-refractivity contribution in [2.45, 2.75) is 26.4 Å². The Morgan fingerprint density at radius 2 is 1.64 bits per heavy atom. The highest BCUT2D eigenvalue weighted by atomic mass is 16.6. The van der Waals surface area contributed by atoms with Gasteiger partial charge in [-0.1, -0.05) is 49.4 Å². The fraction of sp³-hybridized carbons (Fsp3) is 0.185. The van der Waals surface area contributed by atoms with E-state index in [0.29, 0.717) is 29.1 Å². The summed E-state index contributed by atoms with van der Waals surface area (Å²) >= 11 is 0. The first-order valence-corrected chi connectivity index (χ1v) is 10.8. The molecule has 0 fully saturated rings. The Kier molecular flexibility index (Phi) is 6.74. The van der Waals surface area contributed by atoms with Crippen molar-refractivity contribution in [2.24, 2.45) is 0 Å². The molecule has 4 rings (SSSR count). The lowest BCUT2D eigenvalue weighted by molar-refractivity contribution is -0.151. The van der Waals surface area contributed by atoms with Crippen LogP contribution in [0.15, 0.2) is 88.3 Å². The smallest absolute Gasteiger partial charge is 0.347 e. The third-order valence-electron chi connectivity index (χ3n) is 5.00. The van der Waals surface area contributed by atoms with Gasteiger partial charge in [0, 0.05) is 6.07 Å². The Hall–Kier alpha value is -4.06. The third kappa shape index (κ3) is 5.23. The fourth-order valence-corrected chi connectivity index (χ4v) is 3.28. The monoisotopic (exact) mass is 444 g/mol. The Balaban J connectivity index is 1.49. The van der Waals surface area contributed by atoms with Crippen LogP contribution < -0.4 is 14.9 Å². The van der Waals surface area contributed by atoms with Gasteiger partial charge in [0.25, 0.3) is 0 Å². The average Bonchev–Trinajstić information content (AvgIpc) is 2.85. The van der Waals surface area contributed by atoms with Gasteiger partial charge in [-0.25, -0.2) is 4.79 Å². The van der Waals surface area contributed by atoms with E-state index in [1.807, 2.05) is 61.5 Å². The van der Waals surface area contributed by atoms with Crippen LogP contribution in [-0.2, 0) is 9.53 Å². The van der Waals surface area contributed by atoms with E-state index in [-0.39, 0.29) is 11.2 Å². The molecule has 6 heteroatoms. The number of benzene rings is 3. The SMILES string of the molecule is CCCOC(=O)C(C)Oc1ccc2c(=O)c(Oc3ccc(-c4ccccc4)cc3)coc2c1. The molecule has 0 spiro atoms. The van der Waals surface area contributed by atoms with Gasteiger partial charge >= 0.3 is 5.97 Å². The van der Waals surface area contributed by atoms with Crippen molar-refractivity contribution in [3.63, 3.8) is 0 Å². The van der Waals surface area contributed by atoms with E-state index < -0.39 is 12.1 Å². The molecule has 0 saturated heterocycles. The summed E-state index contributed by atoms with van der Waals surface area (Å²) in [6, 6.07) is 22.2. The van der Waals surface area contributed by atoms with Crippen LogP contribution in [0.5, 0.6) is 17.2 Å². The van der Waals surface area contributed by atoms with Gasteiger partial charge in [-0.05, 0) is 48.7 Å². The first kappa shape index (κ1) is 22.1. The Morgan fingerprint density at radius 3 is 2.36 bits per heavy atom. The van der Waals surface area contributed by atoms with Crippen molar-refractivity contribution in [3.8, 4) is 28.4 Å². The molecule has 0 aliphatic rings. The lowest BCUT2D eigenvalue weighted by Crippen LogP contribution is -2.26. The van der Waals surface area contributed by atoms with Crippen molar-refractivity contribution in [1.82, 2.24) is 0 Å². The third-order valence-corrected chi connectivity index (χ3v) is 5.00. The number of esters is 1. The highest BCUT2D eigenvalue weighted by Crippen LogP contribution is 2.27.